The molecule has 1 aliphatic rings. The van der Waals surface area contributed by atoms with Crippen LogP contribution in [0.2, 0.25) is 0 Å². The van der Waals surface area contributed by atoms with Crippen molar-refractivity contribution in [2.75, 3.05) is 0 Å². The summed E-state index contributed by atoms with van der Waals surface area (Å²) in [4.78, 5) is 23.5. The fraction of sp³-hybridized carbons (Fsp3) is 0.429. The molecule has 0 amide bonds. The summed E-state index contributed by atoms with van der Waals surface area (Å²) in [5, 5.41) is 0. The van der Waals surface area contributed by atoms with Gasteiger partial charge in [-0.25, -0.2) is 0 Å². The summed E-state index contributed by atoms with van der Waals surface area (Å²) in [6.07, 6.45) is 1.95. The number of carbonyl (C=O) groups excluding carboxylic acids is 2. The molecule has 0 radical (unpaired) electrons. The molecule has 1 aromatic rings. The van der Waals surface area contributed by atoms with Crippen LogP contribution in [0.25, 0.3) is 0 Å². The highest BCUT2D eigenvalue weighted by molar-refractivity contribution is 6.02. The molecule has 0 saturated carbocycles. The van der Waals surface area contributed by atoms with Gasteiger partial charge in [-0.1, -0.05) is 31.2 Å². The third-order valence-corrected chi connectivity index (χ3v) is 2.98. The summed E-state index contributed by atoms with van der Waals surface area (Å²) >= 11 is 0. The largest absolute Gasteiger partial charge is 0.454 e. The highest BCUT2D eigenvalue weighted by Gasteiger charge is 2.29. The first-order valence-corrected chi connectivity index (χ1v) is 6.04. The van der Waals surface area contributed by atoms with Crippen molar-refractivity contribution < 1.29 is 14.3 Å². The van der Waals surface area contributed by atoms with Crippen molar-refractivity contribution in [2.24, 2.45) is 0 Å². The van der Waals surface area contributed by atoms with Crippen LogP contribution >= 0.6 is 0 Å². The highest BCUT2D eigenvalue weighted by Crippen LogP contribution is 2.23. The third kappa shape index (κ3) is 2.54. The predicted octanol–water partition coefficient (Wildman–Crippen LogP) is 2.53. The number of fused-ring (bicyclic) bond motifs is 1. The average Bonchev–Trinajstić information content (AvgIpc) is 2.33. The molecule has 0 saturated heterocycles. The van der Waals surface area contributed by atoms with E-state index in [1.54, 1.807) is 6.07 Å². The zero-order valence-electron chi connectivity index (χ0n) is 9.94. The van der Waals surface area contributed by atoms with E-state index in [1.165, 1.54) is 0 Å². The number of ether oxygens (including phenoxy) is 1. The molecule has 17 heavy (non-hydrogen) atoms. The van der Waals surface area contributed by atoms with Gasteiger partial charge in [0, 0.05) is 12.0 Å². The van der Waals surface area contributed by atoms with E-state index < -0.39 is 6.10 Å². The van der Waals surface area contributed by atoms with Gasteiger partial charge < -0.3 is 4.74 Å². The van der Waals surface area contributed by atoms with Gasteiger partial charge in [-0.15, -0.1) is 0 Å². The van der Waals surface area contributed by atoms with Crippen LogP contribution < -0.4 is 0 Å². The second kappa shape index (κ2) is 5.13. The standard InChI is InChI=1S/C14H16O3/c1-2-5-13(15)17-12-9-8-10-6-3-4-7-11(10)14(12)16/h3-4,6-7,12H,2,5,8-9H2,1H3. The average molecular weight is 232 g/mol. The second-order valence-electron chi connectivity index (χ2n) is 4.29. The van der Waals surface area contributed by atoms with Crippen LogP contribution in [0.5, 0.6) is 0 Å². The Morgan fingerprint density at radius 3 is 2.94 bits per heavy atom. The van der Waals surface area contributed by atoms with E-state index in [1.807, 2.05) is 25.1 Å². The molecule has 90 valence electrons. The molecule has 1 unspecified atom stereocenters. The molecular formula is C14H16O3. The van der Waals surface area contributed by atoms with Crippen LogP contribution in [-0.4, -0.2) is 17.9 Å². The minimum atomic E-state index is -0.580. The fourth-order valence-corrected chi connectivity index (χ4v) is 2.10. The topological polar surface area (TPSA) is 43.4 Å². The van der Waals surface area contributed by atoms with Crippen LogP contribution in [0.3, 0.4) is 0 Å². The number of benzene rings is 1. The maximum absolute atomic E-state index is 12.1. The Balaban J connectivity index is 2.10. The maximum atomic E-state index is 12.1. The van der Waals surface area contributed by atoms with Crippen LogP contribution in [0.15, 0.2) is 24.3 Å². The van der Waals surface area contributed by atoms with Crippen LogP contribution in [-0.2, 0) is 16.0 Å². The highest BCUT2D eigenvalue weighted by atomic mass is 16.5. The van der Waals surface area contributed by atoms with Gasteiger partial charge in [0.15, 0.2) is 6.10 Å². The lowest BCUT2D eigenvalue weighted by Gasteiger charge is -2.23. The molecule has 0 N–H and O–H groups in total. The molecule has 1 aromatic carbocycles. The SMILES string of the molecule is CCCC(=O)OC1CCc2ccccc2C1=O. The number of carbonyl (C=O) groups is 2. The molecule has 1 aliphatic carbocycles. The molecule has 0 spiro atoms. The van der Waals surface area contributed by atoms with E-state index in [4.69, 9.17) is 4.74 Å². The fourth-order valence-electron chi connectivity index (χ4n) is 2.10. The summed E-state index contributed by atoms with van der Waals surface area (Å²) in [6.45, 7) is 1.92. The number of hydrogen-bond acceptors (Lipinski definition) is 3. The quantitative estimate of drug-likeness (QED) is 0.752. The first-order chi connectivity index (χ1) is 8.22. The van der Waals surface area contributed by atoms with Crippen molar-refractivity contribution in [2.45, 2.75) is 38.7 Å². The first-order valence-electron chi connectivity index (χ1n) is 6.04. The normalized spacial score (nSPS) is 18.6. The van der Waals surface area contributed by atoms with Crippen molar-refractivity contribution in [3.05, 3.63) is 35.4 Å². The lowest BCUT2D eigenvalue weighted by molar-refractivity contribution is -0.147. The Bertz CT molecular complexity index is 437. The summed E-state index contributed by atoms with van der Waals surface area (Å²) < 4.78 is 5.21. The lowest BCUT2D eigenvalue weighted by atomic mass is 9.89. The number of ketones is 1. The van der Waals surface area contributed by atoms with E-state index in [0.29, 0.717) is 18.4 Å². The molecule has 3 nitrogen and oxygen atoms in total. The van der Waals surface area contributed by atoms with E-state index in [9.17, 15) is 9.59 Å². The van der Waals surface area contributed by atoms with Gasteiger partial charge in [-0.05, 0) is 24.8 Å². The molecule has 0 aromatic heterocycles. The summed E-state index contributed by atoms with van der Waals surface area (Å²) in [6, 6.07) is 7.53. The number of esters is 1. The van der Waals surface area contributed by atoms with Crippen molar-refractivity contribution in [1.29, 1.82) is 0 Å². The molecular weight excluding hydrogens is 216 g/mol. The smallest absolute Gasteiger partial charge is 0.306 e. The molecule has 2 rings (SSSR count). The second-order valence-corrected chi connectivity index (χ2v) is 4.29. The van der Waals surface area contributed by atoms with Crippen molar-refractivity contribution in [1.82, 2.24) is 0 Å². The zero-order valence-corrected chi connectivity index (χ0v) is 9.94. The number of aryl methyl sites for hydroxylation is 1. The maximum Gasteiger partial charge on any atom is 0.306 e. The Hall–Kier alpha value is -1.64. The molecule has 0 heterocycles. The minimum Gasteiger partial charge on any atom is -0.454 e. The number of rotatable bonds is 3. The van der Waals surface area contributed by atoms with E-state index >= 15 is 0 Å². The minimum absolute atomic E-state index is 0.0590. The Morgan fingerprint density at radius 1 is 1.41 bits per heavy atom. The predicted molar refractivity (Wildman–Crippen MR) is 63.9 cm³/mol. The zero-order chi connectivity index (χ0) is 12.3. The Morgan fingerprint density at radius 2 is 2.18 bits per heavy atom. The van der Waals surface area contributed by atoms with Crippen LogP contribution in [0.1, 0.15) is 42.1 Å². The lowest BCUT2D eigenvalue weighted by Crippen LogP contribution is -2.32. The first kappa shape index (κ1) is 11.8. The van der Waals surface area contributed by atoms with Crippen LogP contribution in [0, 0.1) is 0 Å². The van der Waals surface area contributed by atoms with E-state index in [-0.39, 0.29) is 11.8 Å². The summed E-state index contributed by atoms with van der Waals surface area (Å²) in [5.41, 5.74) is 1.76. The van der Waals surface area contributed by atoms with Gasteiger partial charge in [0.2, 0.25) is 5.78 Å². The van der Waals surface area contributed by atoms with Crippen molar-refractivity contribution >= 4 is 11.8 Å². The molecule has 0 aliphatic heterocycles. The molecule has 0 fully saturated rings. The van der Waals surface area contributed by atoms with E-state index in [2.05, 4.69) is 0 Å². The van der Waals surface area contributed by atoms with Gasteiger partial charge in [-0.2, -0.15) is 0 Å². The molecule has 1 atom stereocenters. The van der Waals surface area contributed by atoms with Gasteiger partial charge >= 0.3 is 5.97 Å². The van der Waals surface area contributed by atoms with Crippen molar-refractivity contribution in [3.8, 4) is 0 Å². The van der Waals surface area contributed by atoms with Gasteiger partial charge in [0.25, 0.3) is 0 Å². The van der Waals surface area contributed by atoms with Crippen molar-refractivity contribution in [3.63, 3.8) is 0 Å². The summed E-state index contributed by atoms with van der Waals surface area (Å²) in [7, 11) is 0. The monoisotopic (exact) mass is 232 g/mol. The Kier molecular flexibility index (Phi) is 3.57. The van der Waals surface area contributed by atoms with Gasteiger partial charge in [-0.3, -0.25) is 9.59 Å². The summed E-state index contributed by atoms with van der Waals surface area (Å²) in [5.74, 6) is -0.332. The van der Waals surface area contributed by atoms with Crippen LogP contribution in [0.4, 0.5) is 0 Å². The number of hydrogen-bond donors (Lipinski definition) is 0. The van der Waals surface area contributed by atoms with Gasteiger partial charge in [0.1, 0.15) is 0 Å². The number of Topliss-reactive ketones (excluding diaryl/α,β-unsaturated/α-hetero) is 1. The molecule has 0 bridgehead atoms. The van der Waals surface area contributed by atoms with E-state index in [0.717, 1.165) is 18.4 Å². The Labute approximate surface area is 101 Å². The third-order valence-electron chi connectivity index (χ3n) is 2.98. The van der Waals surface area contributed by atoms with Gasteiger partial charge in [0.05, 0.1) is 0 Å². The molecule has 3 heteroatoms.